The van der Waals surface area contributed by atoms with Gasteiger partial charge < -0.3 is 13.7 Å². The molecule has 9 heteroatoms. The molecule has 0 saturated carbocycles. The quantitative estimate of drug-likeness (QED) is 0.443. The molecule has 0 amide bonds. The first-order chi connectivity index (χ1) is 11.7. The van der Waals surface area contributed by atoms with Gasteiger partial charge in [-0.3, -0.25) is 9.59 Å². The van der Waals surface area contributed by atoms with Crippen LogP contribution in [0.15, 0.2) is 40.7 Å². The predicted octanol–water partition coefficient (Wildman–Crippen LogP) is 2.01. The number of halogens is 1. The highest BCUT2D eigenvalue weighted by Crippen LogP contribution is 2.47. The van der Waals surface area contributed by atoms with Gasteiger partial charge in [-0.25, -0.2) is 4.39 Å². The predicted molar refractivity (Wildman–Crippen MR) is 83.3 cm³/mol. The monoisotopic (exact) mass is 372 g/mol. The van der Waals surface area contributed by atoms with Gasteiger partial charge in [-0.05, 0) is 25.5 Å². The SMILES string of the molecule is COC(=O)C1(C(=O)OC)CCC(OS(=O)(=O)c2ccc(C)cc2)=C1F. The van der Waals surface area contributed by atoms with E-state index in [0.717, 1.165) is 19.8 Å². The number of ether oxygens (including phenoxy) is 2. The molecule has 7 nitrogen and oxygen atoms in total. The van der Waals surface area contributed by atoms with Crippen molar-refractivity contribution in [1.29, 1.82) is 0 Å². The average Bonchev–Trinajstić information content (AvgIpc) is 2.91. The second kappa shape index (κ2) is 6.83. The van der Waals surface area contributed by atoms with E-state index in [2.05, 4.69) is 9.47 Å². The molecule has 0 heterocycles. The maximum absolute atomic E-state index is 14.8. The molecule has 0 saturated heterocycles. The highest BCUT2D eigenvalue weighted by Gasteiger charge is 2.58. The lowest BCUT2D eigenvalue weighted by atomic mass is 9.86. The first-order valence-electron chi connectivity index (χ1n) is 7.26. The number of allylic oxidation sites excluding steroid dienone is 1. The Balaban J connectivity index is 2.42. The van der Waals surface area contributed by atoms with E-state index in [1.165, 1.54) is 12.1 Å². The Kier molecular flexibility index (Phi) is 5.17. The molecule has 1 aliphatic rings. The lowest BCUT2D eigenvalue weighted by molar-refractivity contribution is -0.167. The van der Waals surface area contributed by atoms with Gasteiger partial charge in [0.05, 0.1) is 14.2 Å². The molecular weight excluding hydrogens is 355 g/mol. The molecule has 0 spiro atoms. The average molecular weight is 372 g/mol. The summed E-state index contributed by atoms with van der Waals surface area (Å²) in [5.41, 5.74) is -1.51. The Morgan fingerprint density at radius 2 is 1.60 bits per heavy atom. The number of hydrogen-bond donors (Lipinski definition) is 0. The van der Waals surface area contributed by atoms with Crippen LogP contribution in [0.25, 0.3) is 0 Å². The smallest absolute Gasteiger partial charge is 0.338 e. The van der Waals surface area contributed by atoms with Crippen LogP contribution in [0.1, 0.15) is 18.4 Å². The van der Waals surface area contributed by atoms with E-state index in [4.69, 9.17) is 4.18 Å². The number of hydrogen-bond acceptors (Lipinski definition) is 7. The molecule has 0 fully saturated rings. The minimum absolute atomic E-state index is 0.174. The van der Waals surface area contributed by atoms with E-state index in [-0.39, 0.29) is 17.7 Å². The summed E-state index contributed by atoms with van der Waals surface area (Å²) < 4.78 is 53.2. The number of methoxy groups -OCH3 is 2. The molecule has 0 aromatic heterocycles. The Morgan fingerprint density at radius 1 is 1.08 bits per heavy atom. The summed E-state index contributed by atoms with van der Waals surface area (Å²) in [5.74, 6) is -4.29. The Labute approximate surface area is 144 Å². The molecule has 0 radical (unpaired) electrons. The molecule has 1 aliphatic carbocycles. The molecule has 2 rings (SSSR count). The lowest BCUT2D eigenvalue weighted by Gasteiger charge is -2.21. The molecule has 136 valence electrons. The van der Waals surface area contributed by atoms with Crippen LogP contribution < -0.4 is 0 Å². The Bertz CT molecular complexity index is 809. The first-order valence-corrected chi connectivity index (χ1v) is 8.67. The normalized spacial score (nSPS) is 16.5. The van der Waals surface area contributed by atoms with Gasteiger partial charge in [0.15, 0.2) is 11.6 Å². The van der Waals surface area contributed by atoms with Crippen LogP contribution in [-0.4, -0.2) is 34.6 Å². The van der Waals surface area contributed by atoms with Crippen molar-refractivity contribution in [2.75, 3.05) is 14.2 Å². The minimum Gasteiger partial charge on any atom is -0.468 e. The standard InChI is InChI=1S/C16H17FO7S/c1-10-4-6-11(7-5-10)25(20,21)24-12-8-9-16(13(12)17,14(18)22-2)15(19)23-3/h4-7H,8-9H2,1-3H3. The third kappa shape index (κ3) is 3.23. The van der Waals surface area contributed by atoms with Crippen LogP contribution in [0.4, 0.5) is 4.39 Å². The van der Waals surface area contributed by atoms with Gasteiger partial charge in [0.25, 0.3) is 0 Å². The Hall–Kier alpha value is -2.42. The van der Waals surface area contributed by atoms with Crippen molar-refractivity contribution in [3.63, 3.8) is 0 Å². The second-order valence-corrected chi connectivity index (χ2v) is 7.02. The Morgan fingerprint density at radius 3 is 2.08 bits per heavy atom. The maximum atomic E-state index is 14.8. The zero-order valence-electron chi connectivity index (χ0n) is 13.9. The summed E-state index contributed by atoms with van der Waals surface area (Å²) >= 11 is 0. The van der Waals surface area contributed by atoms with E-state index in [9.17, 15) is 22.4 Å². The van der Waals surface area contributed by atoms with Crippen molar-refractivity contribution in [3.05, 3.63) is 41.4 Å². The maximum Gasteiger partial charge on any atom is 0.338 e. The van der Waals surface area contributed by atoms with Crippen molar-refractivity contribution in [3.8, 4) is 0 Å². The summed E-state index contributed by atoms with van der Waals surface area (Å²) in [7, 11) is -2.33. The molecule has 1 aromatic carbocycles. The fraction of sp³-hybridized carbons (Fsp3) is 0.375. The van der Waals surface area contributed by atoms with Crippen molar-refractivity contribution < 1.29 is 36.1 Å². The van der Waals surface area contributed by atoms with Gasteiger partial charge in [-0.15, -0.1) is 0 Å². The van der Waals surface area contributed by atoms with E-state index in [1.54, 1.807) is 19.1 Å². The van der Waals surface area contributed by atoms with E-state index in [1.807, 2.05) is 0 Å². The van der Waals surface area contributed by atoms with Crippen LogP contribution in [0.5, 0.6) is 0 Å². The van der Waals surface area contributed by atoms with E-state index in [0.29, 0.717) is 0 Å². The van der Waals surface area contributed by atoms with Crippen LogP contribution in [-0.2, 0) is 33.4 Å². The van der Waals surface area contributed by atoms with Crippen molar-refractivity contribution >= 4 is 22.1 Å². The number of benzene rings is 1. The van der Waals surface area contributed by atoms with Crippen LogP contribution in [0.2, 0.25) is 0 Å². The van der Waals surface area contributed by atoms with Crippen molar-refractivity contribution in [1.82, 2.24) is 0 Å². The summed E-state index contributed by atoms with van der Waals surface area (Å²) in [5, 5.41) is 0. The largest absolute Gasteiger partial charge is 0.468 e. The van der Waals surface area contributed by atoms with Crippen LogP contribution >= 0.6 is 0 Å². The van der Waals surface area contributed by atoms with E-state index < -0.39 is 39.1 Å². The molecule has 0 aliphatic heterocycles. The zero-order chi connectivity index (χ0) is 18.8. The highest BCUT2D eigenvalue weighted by molar-refractivity contribution is 7.86. The molecule has 1 aromatic rings. The van der Waals surface area contributed by atoms with Crippen LogP contribution in [0.3, 0.4) is 0 Å². The lowest BCUT2D eigenvalue weighted by Crippen LogP contribution is -2.40. The highest BCUT2D eigenvalue weighted by atomic mass is 32.2. The van der Waals surface area contributed by atoms with Gasteiger partial charge in [-0.2, -0.15) is 8.42 Å². The van der Waals surface area contributed by atoms with Crippen LogP contribution in [0, 0.1) is 12.3 Å². The number of aryl methyl sites for hydroxylation is 1. The number of carbonyl (C=O) groups excluding carboxylic acids is 2. The second-order valence-electron chi connectivity index (χ2n) is 5.48. The van der Waals surface area contributed by atoms with E-state index >= 15 is 0 Å². The summed E-state index contributed by atoms with van der Waals surface area (Å²) in [6, 6.07) is 5.74. The minimum atomic E-state index is -4.31. The third-order valence-electron chi connectivity index (χ3n) is 3.93. The summed E-state index contributed by atoms with van der Waals surface area (Å²) in [6.45, 7) is 1.78. The molecule has 0 atom stereocenters. The molecule has 0 bridgehead atoms. The molecule has 0 N–H and O–H groups in total. The third-order valence-corrected chi connectivity index (χ3v) is 5.20. The number of carbonyl (C=O) groups is 2. The van der Waals surface area contributed by atoms with Crippen molar-refractivity contribution in [2.45, 2.75) is 24.7 Å². The first kappa shape index (κ1) is 18.9. The summed E-state index contributed by atoms with van der Waals surface area (Å²) in [4.78, 5) is 23.8. The topological polar surface area (TPSA) is 96.0 Å². The number of rotatable bonds is 5. The van der Waals surface area contributed by atoms with Crippen molar-refractivity contribution in [2.24, 2.45) is 5.41 Å². The molecule has 25 heavy (non-hydrogen) atoms. The van der Waals surface area contributed by atoms with Gasteiger partial charge in [0.1, 0.15) is 4.90 Å². The van der Waals surface area contributed by atoms with Gasteiger partial charge in [0, 0.05) is 6.42 Å². The van der Waals surface area contributed by atoms with Gasteiger partial charge in [-0.1, -0.05) is 17.7 Å². The summed E-state index contributed by atoms with van der Waals surface area (Å²) in [6.07, 6.45) is -0.627. The fourth-order valence-corrected chi connectivity index (χ4v) is 3.52. The zero-order valence-corrected chi connectivity index (χ0v) is 14.7. The van der Waals surface area contributed by atoms with Gasteiger partial charge >= 0.3 is 22.1 Å². The van der Waals surface area contributed by atoms with Gasteiger partial charge in [0.2, 0.25) is 5.41 Å². The molecule has 0 unspecified atom stereocenters. The molecular formula is C16H17FO7S. The fourth-order valence-electron chi connectivity index (χ4n) is 2.54. The number of esters is 2.